The van der Waals surface area contributed by atoms with Gasteiger partial charge in [0.25, 0.3) is 0 Å². The lowest BCUT2D eigenvalue weighted by Gasteiger charge is -2.29. The number of nitrogens with two attached hydrogens (primary N) is 1. The van der Waals surface area contributed by atoms with Gasteiger partial charge in [0.2, 0.25) is 0 Å². The number of benzene rings is 1. The molecule has 1 aromatic rings. The molecule has 0 saturated carbocycles. The Bertz CT molecular complexity index is 574. The molecular formula is C17H24N2O5. The van der Waals surface area contributed by atoms with Gasteiger partial charge in [-0.05, 0) is 39.3 Å². The molecule has 0 aliphatic heterocycles. The SMILES string of the molecule is C[C@H](N)C(=O)OC(=O)[C@H](C)N(C)C(CCc1ccccc1)C(=O)O. The molecule has 0 bridgehead atoms. The van der Waals surface area contributed by atoms with E-state index in [2.05, 4.69) is 4.74 Å². The van der Waals surface area contributed by atoms with Gasteiger partial charge in [0.15, 0.2) is 0 Å². The molecule has 1 rings (SSSR count). The van der Waals surface area contributed by atoms with E-state index >= 15 is 0 Å². The maximum absolute atomic E-state index is 12.0. The molecule has 0 aliphatic carbocycles. The van der Waals surface area contributed by atoms with E-state index < -0.39 is 36.0 Å². The Morgan fingerprint density at radius 3 is 2.25 bits per heavy atom. The van der Waals surface area contributed by atoms with Crippen LogP contribution in [0.15, 0.2) is 30.3 Å². The number of carbonyl (C=O) groups excluding carboxylic acids is 2. The van der Waals surface area contributed by atoms with Crippen molar-refractivity contribution in [2.24, 2.45) is 5.73 Å². The summed E-state index contributed by atoms with van der Waals surface area (Å²) in [5.41, 5.74) is 6.36. The van der Waals surface area contributed by atoms with Crippen LogP contribution in [-0.2, 0) is 25.5 Å². The van der Waals surface area contributed by atoms with Crippen molar-refractivity contribution in [3.8, 4) is 0 Å². The van der Waals surface area contributed by atoms with Crippen LogP contribution in [0.4, 0.5) is 0 Å². The van der Waals surface area contributed by atoms with E-state index in [-0.39, 0.29) is 0 Å². The number of aliphatic carboxylic acids is 1. The molecule has 1 unspecified atom stereocenters. The normalized spacial score (nSPS) is 14.7. The lowest BCUT2D eigenvalue weighted by atomic mass is 10.0. The third kappa shape index (κ3) is 5.75. The van der Waals surface area contributed by atoms with E-state index in [4.69, 9.17) is 5.73 Å². The molecule has 0 radical (unpaired) electrons. The van der Waals surface area contributed by atoms with E-state index in [0.29, 0.717) is 12.8 Å². The molecule has 0 fully saturated rings. The predicted molar refractivity (Wildman–Crippen MR) is 88.2 cm³/mol. The molecule has 3 atom stereocenters. The van der Waals surface area contributed by atoms with Crippen LogP contribution in [-0.4, -0.2) is 53.1 Å². The summed E-state index contributed by atoms with van der Waals surface area (Å²) in [6.07, 6.45) is 0.886. The fourth-order valence-electron chi connectivity index (χ4n) is 2.16. The molecule has 3 N–H and O–H groups in total. The Morgan fingerprint density at radius 1 is 1.17 bits per heavy atom. The largest absolute Gasteiger partial charge is 0.480 e. The monoisotopic (exact) mass is 336 g/mol. The summed E-state index contributed by atoms with van der Waals surface area (Å²) >= 11 is 0. The van der Waals surface area contributed by atoms with E-state index in [9.17, 15) is 19.5 Å². The van der Waals surface area contributed by atoms with Crippen LogP contribution in [0.2, 0.25) is 0 Å². The van der Waals surface area contributed by atoms with Crippen molar-refractivity contribution in [3.05, 3.63) is 35.9 Å². The molecule has 0 amide bonds. The summed E-state index contributed by atoms with van der Waals surface area (Å²) < 4.78 is 4.65. The highest BCUT2D eigenvalue weighted by Gasteiger charge is 2.31. The maximum atomic E-state index is 12.0. The minimum atomic E-state index is -1.04. The number of likely N-dealkylation sites (N-methyl/N-ethyl adjacent to an activating group) is 1. The minimum Gasteiger partial charge on any atom is -0.480 e. The second-order valence-corrected chi connectivity index (χ2v) is 5.75. The van der Waals surface area contributed by atoms with Crippen LogP contribution in [0, 0.1) is 0 Å². The molecular weight excluding hydrogens is 312 g/mol. The number of nitrogens with zero attached hydrogens (tertiary/aromatic N) is 1. The zero-order chi connectivity index (χ0) is 18.3. The van der Waals surface area contributed by atoms with Crippen molar-refractivity contribution in [2.75, 3.05) is 7.05 Å². The van der Waals surface area contributed by atoms with E-state index in [1.807, 2.05) is 30.3 Å². The van der Waals surface area contributed by atoms with E-state index in [1.165, 1.54) is 25.8 Å². The molecule has 0 spiro atoms. The number of carbonyl (C=O) groups is 3. The van der Waals surface area contributed by atoms with Crippen molar-refractivity contribution < 1.29 is 24.2 Å². The number of aryl methyl sites for hydroxylation is 1. The summed E-state index contributed by atoms with van der Waals surface area (Å²) in [4.78, 5) is 36.3. The Labute approximate surface area is 141 Å². The molecule has 0 saturated heterocycles. The first-order valence-corrected chi connectivity index (χ1v) is 7.73. The lowest BCUT2D eigenvalue weighted by molar-refractivity contribution is -0.164. The average molecular weight is 336 g/mol. The highest BCUT2D eigenvalue weighted by molar-refractivity contribution is 5.90. The summed E-state index contributed by atoms with van der Waals surface area (Å²) in [5, 5.41) is 9.44. The van der Waals surface area contributed by atoms with Gasteiger partial charge in [-0.1, -0.05) is 30.3 Å². The summed E-state index contributed by atoms with van der Waals surface area (Å²) in [6.45, 7) is 2.90. The molecule has 0 aliphatic rings. The van der Waals surface area contributed by atoms with Gasteiger partial charge in [0.05, 0.1) is 0 Å². The number of rotatable bonds is 8. The van der Waals surface area contributed by atoms with Crippen molar-refractivity contribution in [3.63, 3.8) is 0 Å². The Morgan fingerprint density at radius 2 is 1.75 bits per heavy atom. The van der Waals surface area contributed by atoms with Gasteiger partial charge in [-0.25, -0.2) is 9.59 Å². The predicted octanol–water partition coefficient (Wildman–Crippen LogP) is 0.810. The number of hydrogen-bond acceptors (Lipinski definition) is 6. The number of ether oxygens (including phenoxy) is 1. The van der Waals surface area contributed by atoms with Gasteiger partial charge in [-0.2, -0.15) is 0 Å². The molecule has 1 aromatic carbocycles. The highest BCUT2D eigenvalue weighted by atomic mass is 16.6. The number of esters is 2. The van der Waals surface area contributed by atoms with Crippen LogP contribution >= 0.6 is 0 Å². The Balaban J connectivity index is 2.71. The van der Waals surface area contributed by atoms with Crippen LogP contribution in [0.25, 0.3) is 0 Å². The topological polar surface area (TPSA) is 110 Å². The zero-order valence-electron chi connectivity index (χ0n) is 14.1. The van der Waals surface area contributed by atoms with E-state index in [1.54, 1.807) is 0 Å². The quantitative estimate of drug-likeness (QED) is 0.534. The number of hydrogen-bond donors (Lipinski definition) is 2. The van der Waals surface area contributed by atoms with Crippen LogP contribution < -0.4 is 5.73 Å². The smallest absolute Gasteiger partial charge is 0.330 e. The second-order valence-electron chi connectivity index (χ2n) is 5.75. The Hall–Kier alpha value is -2.25. The molecule has 24 heavy (non-hydrogen) atoms. The van der Waals surface area contributed by atoms with Crippen molar-refractivity contribution in [1.29, 1.82) is 0 Å². The first kappa shape index (κ1) is 19.8. The number of carboxylic acids is 1. The van der Waals surface area contributed by atoms with Crippen molar-refractivity contribution in [2.45, 2.75) is 44.8 Å². The fraction of sp³-hybridized carbons (Fsp3) is 0.471. The van der Waals surface area contributed by atoms with Gasteiger partial charge in [-0.15, -0.1) is 0 Å². The molecule has 0 aromatic heterocycles. The van der Waals surface area contributed by atoms with Gasteiger partial charge in [-0.3, -0.25) is 9.69 Å². The summed E-state index contributed by atoms with van der Waals surface area (Å²) in [7, 11) is 1.52. The zero-order valence-corrected chi connectivity index (χ0v) is 14.1. The number of carboxylic acid groups (broad SMARTS) is 1. The van der Waals surface area contributed by atoms with Gasteiger partial charge >= 0.3 is 17.9 Å². The van der Waals surface area contributed by atoms with Crippen molar-refractivity contribution in [1.82, 2.24) is 4.90 Å². The van der Waals surface area contributed by atoms with Crippen LogP contribution in [0.3, 0.4) is 0 Å². The lowest BCUT2D eigenvalue weighted by Crippen LogP contribution is -2.48. The average Bonchev–Trinajstić information content (AvgIpc) is 2.54. The molecule has 7 heteroatoms. The van der Waals surface area contributed by atoms with Crippen LogP contribution in [0.5, 0.6) is 0 Å². The standard InChI is InChI=1S/C17H24N2O5/c1-11(18)16(22)24-17(23)12(2)19(3)14(15(20)21)10-9-13-7-5-4-6-8-13/h4-8,11-12,14H,9-10,18H2,1-3H3,(H,20,21)/t11-,12-,14?/m0/s1. The van der Waals surface area contributed by atoms with Gasteiger partial charge in [0.1, 0.15) is 18.1 Å². The third-order valence-corrected chi connectivity index (χ3v) is 3.85. The molecule has 0 heterocycles. The summed E-state index contributed by atoms with van der Waals surface area (Å²) in [5.74, 6) is -2.69. The first-order chi connectivity index (χ1) is 11.2. The Kier molecular flexibility index (Phi) is 7.54. The first-order valence-electron chi connectivity index (χ1n) is 7.73. The minimum absolute atomic E-state index is 0.328. The van der Waals surface area contributed by atoms with E-state index in [0.717, 1.165) is 5.56 Å². The van der Waals surface area contributed by atoms with Crippen LogP contribution in [0.1, 0.15) is 25.8 Å². The fourth-order valence-corrected chi connectivity index (χ4v) is 2.16. The highest BCUT2D eigenvalue weighted by Crippen LogP contribution is 2.13. The molecule has 132 valence electrons. The van der Waals surface area contributed by atoms with Gasteiger partial charge < -0.3 is 15.6 Å². The molecule has 7 nitrogen and oxygen atoms in total. The van der Waals surface area contributed by atoms with Crippen molar-refractivity contribution >= 4 is 17.9 Å². The second kappa shape index (κ2) is 9.14. The summed E-state index contributed by atoms with van der Waals surface area (Å²) in [6, 6.07) is 6.80. The third-order valence-electron chi connectivity index (χ3n) is 3.85. The van der Waals surface area contributed by atoms with Gasteiger partial charge in [0, 0.05) is 0 Å². The maximum Gasteiger partial charge on any atom is 0.330 e.